The summed E-state index contributed by atoms with van der Waals surface area (Å²) in [6, 6.07) is 12.5. The Morgan fingerprint density at radius 3 is 2.57 bits per heavy atom. The van der Waals surface area contributed by atoms with Gasteiger partial charge in [0.1, 0.15) is 6.10 Å². The van der Waals surface area contributed by atoms with Gasteiger partial charge in [0.25, 0.3) is 0 Å². The van der Waals surface area contributed by atoms with Crippen molar-refractivity contribution in [2.24, 2.45) is 11.8 Å². The Morgan fingerprint density at radius 1 is 1.13 bits per heavy atom. The minimum Gasteiger partial charge on any atom is -0.394 e. The highest BCUT2D eigenvalue weighted by Crippen LogP contribution is 2.56. The Labute approximate surface area is 182 Å². The van der Waals surface area contributed by atoms with E-state index in [4.69, 9.17) is 21.1 Å². The highest BCUT2D eigenvalue weighted by atomic mass is 35.5. The molecule has 30 heavy (non-hydrogen) atoms. The van der Waals surface area contributed by atoms with E-state index in [2.05, 4.69) is 31.2 Å². The van der Waals surface area contributed by atoms with Crippen LogP contribution in [0, 0.1) is 18.8 Å². The van der Waals surface area contributed by atoms with Gasteiger partial charge in [0, 0.05) is 16.5 Å². The standard InChI is InChI=1S/C25H29ClO4/c1-15-5-7-16(8-6-15)11-18-19-14-29-25(20(19)9-10-22(18)26)21(17-3-2-4-17)12-23(28)24(13-27)30-25/h5-10,17,21,23-24,27-28H,2-4,11-14H2,1H3. The molecular formula is C25H29ClO4. The molecule has 1 saturated heterocycles. The summed E-state index contributed by atoms with van der Waals surface area (Å²) in [5, 5.41) is 21.1. The summed E-state index contributed by atoms with van der Waals surface area (Å²) >= 11 is 6.66. The first-order valence-electron chi connectivity index (χ1n) is 11.0. The third-order valence-corrected chi connectivity index (χ3v) is 7.67. The van der Waals surface area contributed by atoms with E-state index < -0.39 is 18.0 Å². The minimum atomic E-state index is -0.903. The lowest BCUT2D eigenvalue weighted by atomic mass is 9.67. The normalized spacial score (nSPS) is 31.0. The molecule has 4 atom stereocenters. The Morgan fingerprint density at radius 2 is 1.90 bits per heavy atom. The van der Waals surface area contributed by atoms with Crippen molar-refractivity contribution in [3.05, 3.63) is 69.2 Å². The Bertz CT molecular complexity index is 923. The highest BCUT2D eigenvalue weighted by molar-refractivity contribution is 6.31. The maximum Gasteiger partial charge on any atom is 0.199 e. The molecule has 0 radical (unpaired) electrons. The topological polar surface area (TPSA) is 58.9 Å². The predicted molar refractivity (Wildman–Crippen MR) is 115 cm³/mol. The van der Waals surface area contributed by atoms with Gasteiger partial charge in [-0.05, 0) is 61.3 Å². The van der Waals surface area contributed by atoms with Crippen molar-refractivity contribution < 1.29 is 19.7 Å². The van der Waals surface area contributed by atoms with Crippen molar-refractivity contribution in [3.63, 3.8) is 0 Å². The van der Waals surface area contributed by atoms with Crippen molar-refractivity contribution >= 4 is 11.6 Å². The Balaban J connectivity index is 1.56. The van der Waals surface area contributed by atoms with Crippen molar-refractivity contribution in [1.82, 2.24) is 0 Å². The molecule has 5 heteroatoms. The monoisotopic (exact) mass is 428 g/mol. The molecule has 2 aromatic rings. The molecule has 2 N–H and O–H groups in total. The van der Waals surface area contributed by atoms with E-state index in [0.29, 0.717) is 18.9 Å². The van der Waals surface area contributed by atoms with E-state index in [1.54, 1.807) is 0 Å². The molecule has 0 bridgehead atoms. The number of ether oxygens (including phenoxy) is 2. The average Bonchev–Trinajstić information content (AvgIpc) is 3.06. The lowest BCUT2D eigenvalue weighted by Gasteiger charge is -2.50. The molecule has 2 heterocycles. The first-order chi connectivity index (χ1) is 14.5. The summed E-state index contributed by atoms with van der Waals surface area (Å²) in [5.74, 6) is -0.347. The van der Waals surface area contributed by atoms with E-state index in [9.17, 15) is 10.2 Å². The number of hydrogen-bond acceptors (Lipinski definition) is 4. The smallest absolute Gasteiger partial charge is 0.199 e. The quantitative estimate of drug-likeness (QED) is 0.753. The van der Waals surface area contributed by atoms with Crippen LogP contribution >= 0.6 is 11.6 Å². The van der Waals surface area contributed by atoms with Crippen LogP contribution in [0.3, 0.4) is 0 Å². The molecule has 0 amide bonds. The zero-order valence-electron chi connectivity index (χ0n) is 17.3. The predicted octanol–water partition coefficient (Wildman–Crippen LogP) is 4.48. The molecule has 1 aliphatic carbocycles. The van der Waals surface area contributed by atoms with Gasteiger partial charge in [-0.3, -0.25) is 0 Å². The summed E-state index contributed by atoms with van der Waals surface area (Å²) in [6.07, 6.45) is 3.50. The molecule has 3 aliphatic rings. The second-order valence-electron chi connectivity index (χ2n) is 9.11. The van der Waals surface area contributed by atoms with E-state index in [-0.39, 0.29) is 12.5 Å². The van der Waals surface area contributed by atoms with Crippen LogP contribution in [0.4, 0.5) is 0 Å². The van der Waals surface area contributed by atoms with Crippen LogP contribution < -0.4 is 0 Å². The van der Waals surface area contributed by atoms with Gasteiger partial charge in [-0.25, -0.2) is 0 Å². The average molecular weight is 429 g/mol. The molecule has 2 aliphatic heterocycles. The molecular weight excluding hydrogens is 400 g/mol. The molecule has 4 nitrogen and oxygen atoms in total. The minimum absolute atomic E-state index is 0.0821. The number of benzene rings is 2. The number of aliphatic hydroxyl groups is 2. The fourth-order valence-corrected chi connectivity index (χ4v) is 5.62. The summed E-state index contributed by atoms with van der Waals surface area (Å²) < 4.78 is 12.8. The van der Waals surface area contributed by atoms with Gasteiger partial charge in [-0.1, -0.05) is 53.9 Å². The Kier molecular flexibility index (Phi) is 5.41. The van der Waals surface area contributed by atoms with Crippen LogP contribution in [0.1, 0.15) is 53.5 Å². The van der Waals surface area contributed by atoms with E-state index in [0.717, 1.165) is 41.0 Å². The molecule has 0 aromatic heterocycles. The number of aryl methyl sites for hydroxylation is 1. The molecule has 160 valence electrons. The lowest BCUT2D eigenvalue weighted by Crippen LogP contribution is -2.55. The van der Waals surface area contributed by atoms with E-state index in [1.807, 2.05) is 12.1 Å². The second-order valence-corrected chi connectivity index (χ2v) is 9.52. The summed E-state index contributed by atoms with van der Waals surface area (Å²) in [6.45, 7) is 2.30. The van der Waals surface area contributed by atoms with Crippen LogP contribution in [0.2, 0.25) is 5.02 Å². The number of rotatable bonds is 4. The van der Waals surface area contributed by atoms with Crippen LogP contribution in [0.15, 0.2) is 36.4 Å². The number of halogens is 1. The number of aliphatic hydroxyl groups excluding tert-OH is 2. The molecule has 5 rings (SSSR count). The SMILES string of the molecule is Cc1ccc(Cc2c(Cl)ccc3c2COC32OC(CO)C(O)CC2C2CCC2)cc1. The van der Waals surface area contributed by atoms with Crippen molar-refractivity contribution in [1.29, 1.82) is 0 Å². The molecule has 4 unspecified atom stereocenters. The van der Waals surface area contributed by atoms with Gasteiger partial charge in [0.15, 0.2) is 5.79 Å². The fourth-order valence-electron chi connectivity index (χ4n) is 5.38. The summed E-state index contributed by atoms with van der Waals surface area (Å²) in [7, 11) is 0. The van der Waals surface area contributed by atoms with Gasteiger partial charge in [-0.2, -0.15) is 0 Å². The summed E-state index contributed by atoms with van der Waals surface area (Å²) in [5.41, 5.74) is 5.65. The second kappa shape index (κ2) is 7.92. The zero-order valence-corrected chi connectivity index (χ0v) is 18.1. The largest absolute Gasteiger partial charge is 0.394 e. The van der Waals surface area contributed by atoms with Gasteiger partial charge in [0.05, 0.1) is 19.3 Å². The van der Waals surface area contributed by atoms with Gasteiger partial charge in [0.2, 0.25) is 0 Å². The fraction of sp³-hybridized carbons (Fsp3) is 0.520. The maximum atomic E-state index is 10.6. The van der Waals surface area contributed by atoms with Crippen LogP contribution in [-0.2, 0) is 28.3 Å². The van der Waals surface area contributed by atoms with Gasteiger partial charge in [-0.15, -0.1) is 0 Å². The van der Waals surface area contributed by atoms with Crippen molar-refractivity contribution in [3.8, 4) is 0 Å². The zero-order chi connectivity index (χ0) is 20.9. The first-order valence-corrected chi connectivity index (χ1v) is 11.4. The van der Waals surface area contributed by atoms with Gasteiger partial charge < -0.3 is 19.7 Å². The van der Waals surface area contributed by atoms with E-state index in [1.165, 1.54) is 17.5 Å². The highest BCUT2D eigenvalue weighted by Gasteiger charge is 2.57. The van der Waals surface area contributed by atoms with Crippen LogP contribution in [0.5, 0.6) is 0 Å². The molecule has 2 fully saturated rings. The third kappa shape index (κ3) is 3.30. The molecule has 1 spiro atoms. The maximum absolute atomic E-state index is 10.6. The van der Waals surface area contributed by atoms with Crippen molar-refractivity contribution in [2.45, 2.75) is 63.6 Å². The third-order valence-electron chi connectivity index (χ3n) is 7.32. The van der Waals surface area contributed by atoms with Crippen LogP contribution in [-0.4, -0.2) is 29.0 Å². The summed E-state index contributed by atoms with van der Waals surface area (Å²) in [4.78, 5) is 0. The lowest BCUT2D eigenvalue weighted by molar-refractivity contribution is -0.344. The van der Waals surface area contributed by atoms with Crippen molar-refractivity contribution in [2.75, 3.05) is 6.61 Å². The van der Waals surface area contributed by atoms with Gasteiger partial charge >= 0.3 is 0 Å². The number of fused-ring (bicyclic) bond motifs is 2. The first kappa shape index (κ1) is 20.5. The molecule has 2 aromatic carbocycles. The Hall–Kier alpha value is -1.43. The van der Waals surface area contributed by atoms with Crippen LogP contribution in [0.25, 0.3) is 0 Å². The number of hydrogen-bond donors (Lipinski definition) is 2. The molecule has 1 saturated carbocycles. The van der Waals surface area contributed by atoms with E-state index >= 15 is 0 Å².